The highest BCUT2D eigenvalue weighted by atomic mass is 16.5. The summed E-state index contributed by atoms with van der Waals surface area (Å²) in [6.07, 6.45) is 2.41. The Kier molecular flexibility index (Phi) is 5.16. The number of fused-ring (bicyclic) bond motifs is 2. The molecule has 2 aliphatic rings. The Morgan fingerprint density at radius 1 is 1.27 bits per heavy atom. The van der Waals surface area contributed by atoms with Crippen molar-refractivity contribution in [1.82, 2.24) is 0 Å². The summed E-state index contributed by atoms with van der Waals surface area (Å²) in [5, 5.41) is 0. The smallest absolute Gasteiger partial charge is 0.302 e. The zero-order valence-corrected chi connectivity index (χ0v) is 16.8. The van der Waals surface area contributed by atoms with Crippen LogP contribution in [0.4, 0.5) is 5.69 Å². The number of carbonyl (C=O) groups excluding carboxylic acids is 1. The fraction of sp³-hybridized carbons (Fsp3) is 0.591. The summed E-state index contributed by atoms with van der Waals surface area (Å²) in [6, 6.07) is 8.65. The number of hydrogen-bond acceptors (Lipinski definition) is 4. The predicted octanol–water partition coefficient (Wildman–Crippen LogP) is 4.22. The number of hydrogen-bond donors (Lipinski definition) is 0. The number of ether oxygens (including phenoxy) is 2. The summed E-state index contributed by atoms with van der Waals surface area (Å²) in [7, 11) is 4.10. The van der Waals surface area contributed by atoms with Crippen molar-refractivity contribution >= 4 is 11.7 Å². The normalized spacial score (nSPS) is 33.4. The van der Waals surface area contributed by atoms with E-state index in [1.54, 1.807) is 0 Å². The highest BCUT2D eigenvalue weighted by Gasteiger charge is 2.54. The van der Waals surface area contributed by atoms with Gasteiger partial charge in [-0.05, 0) is 36.5 Å². The average Bonchev–Trinajstić information content (AvgIpc) is 2.59. The van der Waals surface area contributed by atoms with Gasteiger partial charge < -0.3 is 14.4 Å². The van der Waals surface area contributed by atoms with Crippen molar-refractivity contribution in [3.05, 3.63) is 41.5 Å². The van der Waals surface area contributed by atoms with Gasteiger partial charge in [-0.2, -0.15) is 0 Å². The van der Waals surface area contributed by atoms with Gasteiger partial charge in [-0.1, -0.05) is 37.6 Å². The van der Waals surface area contributed by atoms with Gasteiger partial charge in [-0.3, -0.25) is 4.79 Å². The molecule has 1 saturated heterocycles. The van der Waals surface area contributed by atoms with Crippen LogP contribution in [0.5, 0.6) is 0 Å². The molecule has 4 heteroatoms. The van der Waals surface area contributed by atoms with Gasteiger partial charge in [-0.25, -0.2) is 0 Å². The zero-order valence-electron chi connectivity index (χ0n) is 16.8. The van der Waals surface area contributed by atoms with E-state index in [2.05, 4.69) is 56.0 Å². The van der Waals surface area contributed by atoms with Gasteiger partial charge in [0.2, 0.25) is 0 Å². The lowest BCUT2D eigenvalue weighted by atomic mass is 9.56. The first-order chi connectivity index (χ1) is 12.3. The molecule has 0 aromatic heterocycles. The second kappa shape index (κ2) is 7.07. The van der Waals surface area contributed by atoms with Crippen LogP contribution in [0.2, 0.25) is 0 Å². The summed E-state index contributed by atoms with van der Waals surface area (Å²) in [4.78, 5) is 13.5. The maximum atomic E-state index is 11.4. The van der Waals surface area contributed by atoms with E-state index in [4.69, 9.17) is 9.47 Å². The second-order valence-corrected chi connectivity index (χ2v) is 8.24. The van der Waals surface area contributed by atoms with Gasteiger partial charge in [0, 0.05) is 38.0 Å². The SMILES string of the molecule is CC(=O)OC[C@@]12CO[C@H](c3ccc(N(C)C)cc3)[C@@H](C(C)=C[C@H]1C)[C@H]2C. The monoisotopic (exact) mass is 357 g/mol. The molecule has 1 aliphatic heterocycles. The van der Waals surface area contributed by atoms with E-state index in [-0.39, 0.29) is 17.5 Å². The predicted molar refractivity (Wildman–Crippen MR) is 104 cm³/mol. The maximum absolute atomic E-state index is 11.4. The molecule has 1 aromatic carbocycles. The summed E-state index contributed by atoms with van der Waals surface area (Å²) >= 11 is 0. The fourth-order valence-corrected chi connectivity index (χ4v) is 4.76. The average molecular weight is 357 g/mol. The van der Waals surface area contributed by atoms with Crippen molar-refractivity contribution in [2.45, 2.75) is 33.8 Å². The number of allylic oxidation sites excluding steroid dienone is 1. The van der Waals surface area contributed by atoms with Gasteiger partial charge in [0.1, 0.15) is 0 Å². The molecule has 0 N–H and O–H groups in total. The minimum Gasteiger partial charge on any atom is -0.465 e. The van der Waals surface area contributed by atoms with Crippen LogP contribution in [-0.2, 0) is 14.3 Å². The van der Waals surface area contributed by atoms with Crippen LogP contribution >= 0.6 is 0 Å². The van der Waals surface area contributed by atoms with E-state index in [1.165, 1.54) is 23.7 Å². The molecule has 0 spiro atoms. The van der Waals surface area contributed by atoms with Crippen LogP contribution in [0.1, 0.15) is 39.4 Å². The molecule has 1 aliphatic carbocycles. The van der Waals surface area contributed by atoms with E-state index in [0.717, 1.165) is 0 Å². The molecule has 26 heavy (non-hydrogen) atoms. The van der Waals surface area contributed by atoms with Gasteiger partial charge in [0.05, 0.1) is 19.3 Å². The van der Waals surface area contributed by atoms with Crippen LogP contribution in [0.25, 0.3) is 0 Å². The summed E-state index contributed by atoms with van der Waals surface area (Å²) in [5.74, 6) is 0.794. The Morgan fingerprint density at radius 2 is 1.92 bits per heavy atom. The molecule has 0 saturated carbocycles. The topological polar surface area (TPSA) is 38.8 Å². The molecule has 1 heterocycles. The van der Waals surface area contributed by atoms with Crippen molar-refractivity contribution < 1.29 is 14.3 Å². The highest BCUT2D eigenvalue weighted by molar-refractivity contribution is 5.66. The third-order valence-corrected chi connectivity index (χ3v) is 6.53. The van der Waals surface area contributed by atoms with Gasteiger partial charge >= 0.3 is 5.97 Å². The molecule has 3 rings (SSSR count). The van der Waals surface area contributed by atoms with Crippen molar-refractivity contribution in [2.75, 3.05) is 32.2 Å². The Hall–Kier alpha value is -1.81. The lowest BCUT2D eigenvalue weighted by molar-refractivity contribution is -0.180. The van der Waals surface area contributed by atoms with Crippen molar-refractivity contribution in [2.24, 2.45) is 23.2 Å². The zero-order chi connectivity index (χ0) is 19.1. The Bertz CT molecular complexity index is 694. The first-order valence-corrected chi connectivity index (χ1v) is 9.47. The second-order valence-electron chi connectivity index (χ2n) is 8.24. The molecule has 2 bridgehead atoms. The minimum atomic E-state index is -0.219. The Labute approximate surface area is 157 Å². The quantitative estimate of drug-likeness (QED) is 0.597. The maximum Gasteiger partial charge on any atom is 0.302 e. The molecular weight excluding hydrogens is 326 g/mol. The number of nitrogens with zero attached hydrogens (tertiary/aromatic N) is 1. The van der Waals surface area contributed by atoms with Crippen LogP contribution in [0, 0.1) is 23.2 Å². The largest absolute Gasteiger partial charge is 0.465 e. The van der Waals surface area contributed by atoms with Crippen LogP contribution in [-0.4, -0.2) is 33.3 Å². The Balaban J connectivity index is 1.91. The molecule has 1 aromatic rings. The molecular formula is C22H31NO3. The number of rotatable bonds is 4. The number of esters is 1. The first-order valence-electron chi connectivity index (χ1n) is 9.47. The summed E-state index contributed by atoms with van der Waals surface area (Å²) < 4.78 is 11.9. The fourth-order valence-electron chi connectivity index (χ4n) is 4.76. The van der Waals surface area contributed by atoms with E-state index in [0.29, 0.717) is 31.0 Å². The number of benzene rings is 1. The third kappa shape index (κ3) is 3.16. The number of anilines is 1. The van der Waals surface area contributed by atoms with Crippen molar-refractivity contribution in [3.8, 4) is 0 Å². The Morgan fingerprint density at radius 3 is 2.50 bits per heavy atom. The van der Waals surface area contributed by atoms with Crippen LogP contribution in [0.15, 0.2) is 35.9 Å². The van der Waals surface area contributed by atoms with Crippen molar-refractivity contribution in [1.29, 1.82) is 0 Å². The number of carbonyl (C=O) groups is 1. The standard InChI is InChI=1S/C22H31NO3/c1-14-11-15(2)22(12-25-17(4)24)13-26-21(20(14)16(22)3)18-7-9-19(10-8-18)23(5)6/h7-11,15-16,20-21H,12-13H2,1-6H3/t15-,16-,20+,21-,22-/m1/s1. The molecule has 1 fully saturated rings. The first kappa shape index (κ1) is 19.0. The molecule has 0 unspecified atom stereocenters. The van der Waals surface area contributed by atoms with Crippen LogP contribution < -0.4 is 4.90 Å². The van der Waals surface area contributed by atoms with Gasteiger partial charge in [0.25, 0.3) is 0 Å². The highest BCUT2D eigenvalue weighted by Crippen LogP contribution is 2.56. The summed E-state index contributed by atoms with van der Waals surface area (Å²) in [6.45, 7) is 9.25. The lowest BCUT2D eigenvalue weighted by Crippen LogP contribution is -2.54. The van der Waals surface area contributed by atoms with Gasteiger partial charge in [0.15, 0.2) is 0 Å². The van der Waals surface area contributed by atoms with Crippen molar-refractivity contribution in [3.63, 3.8) is 0 Å². The lowest BCUT2D eigenvalue weighted by Gasteiger charge is -2.55. The minimum absolute atomic E-state index is 0.0513. The molecule has 0 radical (unpaired) electrons. The molecule has 4 nitrogen and oxygen atoms in total. The van der Waals surface area contributed by atoms with E-state index < -0.39 is 0 Å². The van der Waals surface area contributed by atoms with E-state index in [9.17, 15) is 4.79 Å². The molecule has 5 atom stereocenters. The summed E-state index contributed by atoms with van der Waals surface area (Å²) in [5.41, 5.74) is 3.64. The third-order valence-electron chi connectivity index (χ3n) is 6.53. The van der Waals surface area contributed by atoms with E-state index in [1.807, 2.05) is 14.1 Å². The van der Waals surface area contributed by atoms with Crippen LogP contribution in [0.3, 0.4) is 0 Å². The molecule has 142 valence electrons. The van der Waals surface area contributed by atoms with Gasteiger partial charge in [-0.15, -0.1) is 0 Å². The van der Waals surface area contributed by atoms with E-state index >= 15 is 0 Å². The molecule has 0 amide bonds.